The Balaban J connectivity index is 1.47. The predicted octanol–water partition coefficient (Wildman–Crippen LogP) is 1.87. The summed E-state index contributed by atoms with van der Waals surface area (Å²) in [6, 6.07) is 11.9. The summed E-state index contributed by atoms with van der Waals surface area (Å²) in [5, 5.41) is 2.97. The average Bonchev–Trinajstić information content (AvgIpc) is 2.81. The van der Waals surface area contributed by atoms with Crippen LogP contribution in [0, 0.1) is 5.82 Å². The smallest absolute Gasteiger partial charge is 0.243 e. The highest BCUT2D eigenvalue weighted by atomic mass is 32.2. The molecule has 1 saturated heterocycles. The monoisotopic (exact) mass is 474 g/mol. The molecule has 1 atom stereocenters. The first-order chi connectivity index (χ1) is 15.8. The largest absolute Gasteiger partial charge is 0.355 e. The molecule has 0 aliphatic carbocycles. The molecule has 7 nitrogen and oxygen atoms in total. The summed E-state index contributed by atoms with van der Waals surface area (Å²) in [5.41, 5.74) is 1.90. The topological polar surface area (TPSA) is 73.0 Å². The van der Waals surface area contributed by atoms with E-state index in [0.29, 0.717) is 13.0 Å². The molecule has 0 spiro atoms. The van der Waals surface area contributed by atoms with Crippen molar-refractivity contribution in [2.75, 3.05) is 52.9 Å². The van der Waals surface area contributed by atoms with Crippen LogP contribution in [-0.4, -0.2) is 81.3 Å². The molecule has 2 aliphatic rings. The number of hydrogen-bond acceptors (Lipinski definition) is 5. The number of fused-ring (bicyclic) bond motifs is 1. The second-order valence-corrected chi connectivity index (χ2v) is 10.6. The maximum atomic E-state index is 13.4. The lowest BCUT2D eigenvalue weighted by molar-refractivity contribution is -0.122. The first kappa shape index (κ1) is 23.8. The number of nitrogens with one attached hydrogen (secondary N) is 1. The summed E-state index contributed by atoms with van der Waals surface area (Å²) in [4.78, 5) is 17.5. The van der Waals surface area contributed by atoms with Crippen molar-refractivity contribution in [2.45, 2.75) is 23.8 Å². The zero-order chi connectivity index (χ0) is 23.4. The Labute approximate surface area is 195 Å². The number of likely N-dealkylation sites (N-methyl/N-ethyl adjacent to an activating group) is 1. The lowest BCUT2D eigenvalue weighted by atomic mass is 9.92. The summed E-state index contributed by atoms with van der Waals surface area (Å²) < 4.78 is 41.6. The standard InChI is InChI=1S/C24H31FN4O3S/c1-27-14-16-28(17-15-27)13-11-26-24(30)18-23-22-5-3-2-4-19(22)10-12-29(23)33(31,32)21-8-6-20(25)7-9-21/h2-9,23H,10-18H2,1H3,(H,26,30)/t23-/m1/s1. The minimum absolute atomic E-state index is 0.0313. The van der Waals surface area contributed by atoms with Gasteiger partial charge < -0.3 is 10.2 Å². The van der Waals surface area contributed by atoms with Crippen LogP contribution in [-0.2, 0) is 21.2 Å². The fourth-order valence-corrected chi connectivity index (χ4v) is 6.15. The van der Waals surface area contributed by atoms with E-state index >= 15 is 0 Å². The molecule has 1 amide bonds. The molecule has 2 aromatic carbocycles. The van der Waals surface area contributed by atoms with Gasteiger partial charge >= 0.3 is 0 Å². The first-order valence-electron chi connectivity index (χ1n) is 11.4. The molecule has 2 aromatic rings. The van der Waals surface area contributed by atoms with Gasteiger partial charge in [-0.1, -0.05) is 24.3 Å². The van der Waals surface area contributed by atoms with Crippen LogP contribution in [0.25, 0.3) is 0 Å². The maximum absolute atomic E-state index is 13.4. The zero-order valence-electron chi connectivity index (χ0n) is 18.9. The Kier molecular flexibility index (Phi) is 7.43. The van der Waals surface area contributed by atoms with Crippen molar-refractivity contribution in [3.63, 3.8) is 0 Å². The third-order valence-corrected chi connectivity index (χ3v) is 8.43. The fourth-order valence-electron chi connectivity index (χ4n) is 4.54. The highest BCUT2D eigenvalue weighted by Crippen LogP contribution is 2.36. The molecule has 0 bridgehead atoms. The van der Waals surface area contributed by atoms with Gasteiger partial charge in [0.25, 0.3) is 0 Å². The minimum atomic E-state index is -3.89. The van der Waals surface area contributed by atoms with Gasteiger partial charge in [0.15, 0.2) is 0 Å². The molecular formula is C24H31FN4O3S. The van der Waals surface area contributed by atoms with E-state index in [9.17, 15) is 17.6 Å². The van der Waals surface area contributed by atoms with Crippen LogP contribution in [0.1, 0.15) is 23.6 Å². The Hall–Kier alpha value is -2.33. The normalized spacial score (nSPS) is 20.4. The average molecular weight is 475 g/mol. The number of halogens is 1. The third kappa shape index (κ3) is 5.60. The van der Waals surface area contributed by atoms with Crippen molar-refractivity contribution in [3.8, 4) is 0 Å². The molecule has 4 rings (SSSR count). The third-order valence-electron chi connectivity index (χ3n) is 6.51. The van der Waals surface area contributed by atoms with E-state index in [1.165, 1.54) is 16.4 Å². The van der Waals surface area contributed by atoms with E-state index in [2.05, 4.69) is 22.2 Å². The molecule has 0 aromatic heterocycles. The van der Waals surface area contributed by atoms with Gasteiger partial charge in [0.2, 0.25) is 15.9 Å². The van der Waals surface area contributed by atoms with Crippen molar-refractivity contribution >= 4 is 15.9 Å². The Morgan fingerprint density at radius 1 is 1.03 bits per heavy atom. The molecule has 9 heteroatoms. The van der Waals surface area contributed by atoms with Gasteiger partial charge in [-0.2, -0.15) is 4.31 Å². The van der Waals surface area contributed by atoms with Gasteiger partial charge in [-0.25, -0.2) is 12.8 Å². The summed E-state index contributed by atoms with van der Waals surface area (Å²) >= 11 is 0. The Morgan fingerprint density at radius 3 is 2.45 bits per heavy atom. The number of rotatable bonds is 7. The highest BCUT2D eigenvalue weighted by molar-refractivity contribution is 7.89. The van der Waals surface area contributed by atoms with Gasteiger partial charge in [0, 0.05) is 52.2 Å². The van der Waals surface area contributed by atoms with E-state index in [1.807, 2.05) is 24.3 Å². The molecule has 0 saturated carbocycles. The van der Waals surface area contributed by atoms with Gasteiger partial charge in [-0.05, 0) is 48.9 Å². The van der Waals surface area contributed by atoms with Crippen molar-refractivity contribution in [1.29, 1.82) is 0 Å². The van der Waals surface area contributed by atoms with Crippen LogP contribution >= 0.6 is 0 Å². The number of hydrogen-bond donors (Lipinski definition) is 1. The Bertz CT molecular complexity index is 1070. The molecule has 0 radical (unpaired) electrons. The van der Waals surface area contributed by atoms with Gasteiger partial charge in [0.05, 0.1) is 10.9 Å². The molecule has 33 heavy (non-hydrogen) atoms. The number of nitrogens with zero attached hydrogens (tertiary/aromatic N) is 3. The second kappa shape index (κ2) is 10.3. The van der Waals surface area contributed by atoms with Crippen LogP contribution < -0.4 is 5.32 Å². The number of piperazine rings is 1. The fraction of sp³-hybridized carbons (Fsp3) is 0.458. The summed E-state index contributed by atoms with van der Waals surface area (Å²) in [7, 11) is -1.78. The SMILES string of the molecule is CN1CCN(CCNC(=O)C[C@@H]2c3ccccc3CCN2S(=O)(=O)c2ccc(F)cc2)CC1. The number of benzene rings is 2. The number of carbonyl (C=O) groups is 1. The molecular weight excluding hydrogens is 443 g/mol. The summed E-state index contributed by atoms with van der Waals surface area (Å²) in [6.07, 6.45) is 0.609. The highest BCUT2D eigenvalue weighted by Gasteiger charge is 2.37. The van der Waals surface area contributed by atoms with Crippen molar-refractivity contribution in [3.05, 3.63) is 65.5 Å². The first-order valence-corrected chi connectivity index (χ1v) is 12.8. The maximum Gasteiger partial charge on any atom is 0.243 e. The van der Waals surface area contributed by atoms with Gasteiger partial charge in [-0.15, -0.1) is 0 Å². The molecule has 1 fully saturated rings. The predicted molar refractivity (Wildman–Crippen MR) is 125 cm³/mol. The number of sulfonamides is 1. The van der Waals surface area contributed by atoms with Crippen molar-refractivity contribution in [2.24, 2.45) is 0 Å². The van der Waals surface area contributed by atoms with Crippen LogP contribution in [0.4, 0.5) is 4.39 Å². The molecule has 0 unspecified atom stereocenters. The lowest BCUT2D eigenvalue weighted by Crippen LogP contribution is -2.47. The van der Waals surface area contributed by atoms with E-state index < -0.39 is 21.9 Å². The summed E-state index contributed by atoms with van der Waals surface area (Å²) in [5.74, 6) is -0.667. The summed E-state index contributed by atoms with van der Waals surface area (Å²) in [6.45, 7) is 5.57. The minimum Gasteiger partial charge on any atom is -0.355 e. The molecule has 2 aliphatic heterocycles. The van der Waals surface area contributed by atoms with Crippen LogP contribution in [0.15, 0.2) is 53.4 Å². The van der Waals surface area contributed by atoms with Crippen LogP contribution in [0.3, 0.4) is 0 Å². The molecule has 1 N–H and O–H groups in total. The van der Waals surface area contributed by atoms with E-state index in [0.717, 1.165) is 56.0 Å². The lowest BCUT2D eigenvalue weighted by Gasteiger charge is -2.36. The van der Waals surface area contributed by atoms with Crippen LogP contribution in [0.2, 0.25) is 0 Å². The number of carbonyl (C=O) groups excluding carboxylic acids is 1. The van der Waals surface area contributed by atoms with Gasteiger partial charge in [-0.3, -0.25) is 9.69 Å². The molecule has 178 valence electrons. The van der Waals surface area contributed by atoms with E-state index in [-0.39, 0.29) is 23.8 Å². The number of amides is 1. The Morgan fingerprint density at radius 2 is 1.73 bits per heavy atom. The van der Waals surface area contributed by atoms with E-state index in [4.69, 9.17) is 0 Å². The zero-order valence-corrected chi connectivity index (χ0v) is 19.7. The van der Waals surface area contributed by atoms with Crippen molar-refractivity contribution < 1.29 is 17.6 Å². The van der Waals surface area contributed by atoms with Crippen molar-refractivity contribution in [1.82, 2.24) is 19.4 Å². The second-order valence-electron chi connectivity index (χ2n) is 8.73. The molecule has 2 heterocycles. The van der Waals surface area contributed by atoms with Crippen LogP contribution in [0.5, 0.6) is 0 Å². The van der Waals surface area contributed by atoms with Gasteiger partial charge in [0.1, 0.15) is 5.82 Å². The quantitative estimate of drug-likeness (QED) is 0.663. The van der Waals surface area contributed by atoms with E-state index in [1.54, 1.807) is 0 Å².